The number of hydrogen-bond acceptors (Lipinski definition) is 5. The normalized spacial score (nSPS) is 10.9. The molecule has 0 heterocycles. The third-order valence-corrected chi connectivity index (χ3v) is 1.68. The van der Waals surface area contributed by atoms with Crippen molar-refractivity contribution in [3.63, 3.8) is 0 Å². The summed E-state index contributed by atoms with van der Waals surface area (Å²) in [5.74, 6) is -0.800. The number of rotatable bonds is 5. The smallest absolute Gasteiger partial charge is 0.325 e. The van der Waals surface area contributed by atoms with Crippen LogP contribution in [0.25, 0.3) is 0 Å². The highest BCUT2D eigenvalue weighted by Gasteiger charge is 2.28. The van der Waals surface area contributed by atoms with Gasteiger partial charge in [-0.15, -0.1) is 0 Å². The topological polar surface area (TPSA) is 64.6 Å². The molecule has 0 unspecified atom stereocenters. The molecule has 0 fully saturated rings. The second-order valence-electron chi connectivity index (χ2n) is 3.28. The molecule has 14 heavy (non-hydrogen) atoms. The zero-order chi connectivity index (χ0) is 11.2. The van der Waals surface area contributed by atoms with E-state index in [1.807, 2.05) is 0 Å². The average molecular weight is 203 g/mol. The SMILES string of the molecule is CCOC(=O)CNC(C)(C)C(=O)OC. The van der Waals surface area contributed by atoms with E-state index in [0.717, 1.165) is 0 Å². The van der Waals surface area contributed by atoms with Gasteiger partial charge in [0.15, 0.2) is 0 Å². The Kier molecular flexibility index (Phi) is 5.15. The van der Waals surface area contributed by atoms with E-state index >= 15 is 0 Å². The van der Waals surface area contributed by atoms with Crippen LogP contribution in [-0.2, 0) is 19.1 Å². The van der Waals surface area contributed by atoms with Crippen LogP contribution in [0, 0.1) is 0 Å². The van der Waals surface area contributed by atoms with Crippen molar-refractivity contribution in [1.29, 1.82) is 0 Å². The molecule has 82 valence electrons. The highest BCUT2D eigenvalue weighted by molar-refractivity contribution is 5.81. The maximum atomic E-state index is 11.2. The fourth-order valence-electron chi connectivity index (χ4n) is 0.832. The van der Waals surface area contributed by atoms with Gasteiger partial charge in [-0.05, 0) is 20.8 Å². The molecule has 0 spiro atoms. The van der Waals surface area contributed by atoms with Crippen molar-refractivity contribution in [3.8, 4) is 0 Å². The Morgan fingerprint density at radius 1 is 1.36 bits per heavy atom. The fraction of sp³-hybridized carbons (Fsp3) is 0.778. The number of carbonyl (C=O) groups excluding carboxylic acids is 2. The van der Waals surface area contributed by atoms with Crippen LogP contribution in [0.3, 0.4) is 0 Å². The molecule has 5 heteroatoms. The predicted molar refractivity (Wildman–Crippen MR) is 50.7 cm³/mol. The first-order valence-corrected chi connectivity index (χ1v) is 4.43. The first-order chi connectivity index (χ1) is 6.44. The van der Waals surface area contributed by atoms with Crippen molar-refractivity contribution in [3.05, 3.63) is 0 Å². The predicted octanol–water partition coefficient (Wildman–Crippen LogP) is 0.0907. The van der Waals surface area contributed by atoms with E-state index in [-0.39, 0.29) is 12.5 Å². The highest BCUT2D eigenvalue weighted by atomic mass is 16.5. The van der Waals surface area contributed by atoms with Crippen LogP contribution in [0.15, 0.2) is 0 Å². The molecule has 0 aromatic rings. The van der Waals surface area contributed by atoms with Crippen LogP contribution < -0.4 is 5.32 Å². The van der Waals surface area contributed by atoms with E-state index in [1.165, 1.54) is 7.11 Å². The fourth-order valence-corrected chi connectivity index (χ4v) is 0.832. The van der Waals surface area contributed by atoms with Crippen molar-refractivity contribution in [1.82, 2.24) is 5.32 Å². The Bertz CT molecular complexity index is 213. The quantitative estimate of drug-likeness (QED) is 0.641. The minimum Gasteiger partial charge on any atom is -0.468 e. The third kappa shape index (κ3) is 4.23. The lowest BCUT2D eigenvalue weighted by Crippen LogP contribution is -2.49. The lowest BCUT2D eigenvalue weighted by molar-refractivity contribution is -0.148. The minimum absolute atomic E-state index is 0.00403. The van der Waals surface area contributed by atoms with Gasteiger partial charge in [0, 0.05) is 0 Å². The molecule has 0 amide bonds. The Labute approximate surface area is 83.8 Å². The first kappa shape index (κ1) is 12.9. The second-order valence-corrected chi connectivity index (χ2v) is 3.28. The first-order valence-electron chi connectivity index (χ1n) is 4.43. The van der Waals surface area contributed by atoms with Gasteiger partial charge in [0.05, 0.1) is 20.3 Å². The molecule has 0 aromatic heterocycles. The van der Waals surface area contributed by atoms with Crippen LogP contribution in [0.4, 0.5) is 0 Å². The van der Waals surface area contributed by atoms with Gasteiger partial charge in [0.2, 0.25) is 0 Å². The van der Waals surface area contributed by atoms with E-state index in [4.69, 9.17) is 4.74 Å². The van der Waals surface area contributed by atoms with E-state index in [2.05, 4.69) is 10.1 Å². The molecule has 0 atom stereocenters. The number of ether oxygens (including phenoxy) is 2. The van der Waals surface area contributed by atoms with Crippen molar-refractivity contribution in [2.45, 2.75) is 26.3 Å². The minimum atomic E-state index is -0.874. The second kappa shape index (κ2) is 5.59. The van der Waals surface area contributed by atoms with Crippen LogP contribution in [0.1, 0.15) is 20.8 Å². The maximum Gasteiger partial charge on any atom is 0.325 e. The number of methoxy groups -OCH3 is 1. The molecule has 0 bridgehead atoms. The Hall–Kier alpha value is -1.10. The standard InChI is InChI=1S/C9H17NO4/c1-5-14-7(11)6-10-9(2,3)8(12)13-4/h10H,5-6H2,1-4H3. The van der Waals surface area contributed by atoms with E-state index in [9.17, 15) is 9.59 Å². The van der Waals surface area contributed by atoms with E-state index in [1.54, 1.807) is 20.8 Å². The molecule has 0 rings (SSSR count). The summed E-state index contributed by atoms with van der Waals surface area (Å²) in [6.07, 6.45) is 0. The number of nitrogens with one attached hydrogen (secondary N) is 1. The molecule has 0 radical (unpaired) electrons. The van der Waals surface area contributed by atoms with Gasteiger partial charge < -0.3 is 9.47 Å². The van der Waals surface area contributed by atoms with Gasteiger partial charge >= 0.3 is 11.9 Å². The van der Waals surface area contributed by atoms with Gasteiger partial charge in [-0.1, -0.05) is 0 Å². The van der Waals surface area contributed by atoms with Crippen LogP contribution in [0.2, 0.25) is 0 Å². The molecular formula is C9H17NO4. The maximum absolute atomic E-state index is 11.2. The third-order valence-electron chi connectivity index (χ3n) is 1.68. The van der Waals surface area contributed by atoms with Gasteiger partial charge in [-0.3, -0.25) is 14.9 Å². The molecular weight excluding hydrogens is 186 g/mol. The molecule has 0 saturated carbocycles. The van der Waals surface area contributed by atoms with E-state index in [0.29, 0.717) is 6.61 Å². The summed E-state index contributed by atoms with van der Waals surface area (Å²) < 4.78 is 9.25. The van der Waals surface area contributed by atoms with Gasteiger partial charge in [0.25, 0.3) is 0 Å². The molecule has 0 aliphatic rings. The van der Waals surface area contributed by atoms with Crippen LogP contribution >= 0.6 is 0 Å². The largest absolute Gasteiger partial charge is 0.468 e. The highest BCUT2D eigenvalue weighted by Crippen LogP contribution is 2.03. The lowest BCUT2D eigenvalue weighted by Gasteiger charge is -2.22. The number of carbonyl (C=O) groups is 2. The van der Waals surface area contributed by atoms with Crippen molar-refractivity contribution < 1.29 is 19.1 Å². The van der Waals surface area contributed by atoms with E-state index < -0.39 is 11.5 Å². The summed E-state index contributed by atoms with van der Waals surface area (Å²) in [4.78, 5) is 22.1. The van der Waals surface area contributed by atoms with Gasteiger partial charge in [0.1, 0.15) is 5.54 Å². The molecule has 1 N–H and O–H groups in total. The zero-order valence-corrected chi connectivity index (χ0v) is 9.05. The Morgan fingerprint density at radius 2 is 1.93 bits per heavy atom. The van der Waals surface area contributed by atoms with Crippen molar-refractivity contribution in [2.24, 2.45) is 0 Å². The summed E-state index contributed by atoms with van der Waals surface area (Å²) in [5.41, 5.74) is -0.874. The Morgan fingerprint density at radius 3 is 2.36 bits per heavy atom. The van der Waals surface area contributed by atoms with Gasteiger partial charge in [-0.25, -0.2) is 0 Å². The number of hydrogen-bond donors (Lipinski definition) is 1. The lowest BCUT2D eigenvalue weighted by atomic mass is 10.1. The summed E-state index contributed by atoms with van der Waals surface area (Å²) in [5, 5.41) is 2.75. The average Bonchev–Trinajstić information content (AvgIpc) is 2.14. The summed E-state index contributed by atoms with van der Waals surface area (Å²) in [6.45, 7) is 5.33. The summed E-state index contributed by atoms with van der Waals surface area (Å²) >= 11 is 0. The summed E-state index contributed by atoms with van der Waals surface area (Å²) in [6, 6.07) is 0. The van der Waals surface area contributed by atoms with Crippen LogP contribution in [-0.4, -0.2) is 37.7 Å². The van der Waals surface area contributed by atoms with Gasteiger partial charge in [-0.2, -0.15) is 0 Å². The monoisotopic (exact) mass is 203 g/mol. The molecule has 5 nitrogen and oxygen atoms in total. The molecule has 0 aromatic carbocycles. The van der Waals surface area contributed by atoms with Crippen LogP contribution in [0.5, 0.6) is 0 Å². The summed E-state index contributed by atoms with van der Waals surface area (Å²) in [7, 11) is 1.30. The molecule has 0 aliphatic heterocycles. The Balaban J connectivity index is 3.98. The zero-order valence-electron chi connectivity index (χ0n) is 9.05. The van der Waals surface area contributed by atoms with Crippen molar-refractivity contribution >= 4 is 11.9 Å². The molecule has 0 saturated heterocycles. The number of esters is 2. The van der Waals surface area contributed by atoms with Crippen molar-refractivity contribution in [2.75, 3.05) is 20.3 Å². The molecule has 0 aliphatic carbocycles.